The first-order chi connectivity index (χ1) is 1.73. The average Bonchev–Trinajstić information content (AvgIpc) is 0.811. The first-order valence-corrected chi connectivity index (χ1v) is 0.612. The van der Waals surface area contributed by atoms with Crippen molar-refractivity contribution in [3.8, 4) is 0 Å². The summed E-state index contributed by atoms with van der Waals surface area (Å²) in [7, 11) is 0. The van der Waals surface area contributed by atoms with Crippen LogP contribution in [0.25, 0.3) is 0 Å². The molecule has 0 heterocycles. The number of hydrogen-bond donors (Lipinski definition) is 0. The summed E-state index contributed by atoms with van der Waals surface area (Å²) in [5.41, 5.74) is 0. The first-order valence-electron chi connectivity index (χ1n) is 0.612. The van der Waals surface area contributed by atoms with Crippen molar-refractivity contribution in [1.29, 1.82) is 0 Å². The van der Waals surface area contributed by atoms with Gasteiger partial charge < -0.3 is 15.0 Å². The van der Waals surface area contributed by atoms with Gasteiger partial charge in [-0.15, -0.1) is 0 Å². The smallest absolute Gasteiger partial charge is 0.652 e. The van der Waals surface area contributed by atoms with Gasteiger partial charge in [-0.3, -0.25) is 0 Å². The Bertz CT molecular complexity index is 37.9. The molecule has 0 spiro atoms. The zero-order valence-electron chi connectivity index (χ0n) is 3.21. The van der Waals surface area contributed by atoms with Crippen LogP contribution in [-0.4, -0.2) is 55.0 Å². The van der Waals surface area contributed by atoms with Crippen molar-refractivity contribution in [3.63, 3.8) is 0 Å². The third-order valence-electron chi connectivity index (χ3n) is 0. The maximum atomic E-state index is 8.33. The molecular formula is CBaO3TmZr+7. The van der Waals surface area contributed by atoms with Crippen molar-refractivity contribution in [2.75, 3.05) is 0 Å². The maximum Gasteiger partial charge on any atom is 4.00 e. The molecule has 0 radical (unpaired) electrons. The van der Waals surface area contributed by atoms with Crippen LogP contribution in [0.15, 0.2) is 0 Å². The van der Waals surface area contributed by atoms with E-state index < -0.39 is 6.16 Å². The third-order valence-corrected chi connectivity index (χ3v) is 0. The number of carbonyl (C=O) groups excluding carboxylic acids is 1. The van der Waals surface area contributed by atoms with Crippen LogP contribution < -0.4 is 10.2 Å². The molecule has 0 aromatic carbocycles. The molecule has 6 heteroatoms. The number of rotatable bonds is 0. The number of carbonyl (C=O) groups is 1. The second-order valence-corrected chi connectivity index (χ2v) is 0.250. The van der Waals surface area contributed by atoms with Crippen LogP contribution in [0, 0.1) is 36.9 Å². The van der Waals surface area contributed by atoms with E-state index in [2.05, 4.69) is 0 Å². The average molecular weight is 457 g/mol. The third kappa shape index (κ3) is 49.6. The predicted molar refractivity (Wildman–Crippen MR) is 11.1 cm³/mol. The monoisotopic (exact) mass is 457 g/mol. The molecule has 34 valence electrons. The summed E-state index contributed by atoms with van der Waals surface area (Å²) in [6.07, 6.45) is -2.33. The Kier molecular flexibility index (Phi) is 51.4. The Morgan fingerprint density at radius 3 is 1.29 bits per heavy atom. The molecule has 0 aliphatic rings. The van der Waals surface area contributed by atoms with Gasteiger partial charge in [-0.25, -0.2) is 0 Å². The van der Waals surface area contributed by atoms with Crippen molar-refractivity contribution in [1.82, 2.24) is 0 Å². The van der Waals surface area contributed by atoms with E-state index in [-0.39, 0.29) is 112 Å². The molecule has 0 aromatic heterocycles. The zero-order chi connectivity index (χ0) is 3.58. The molecule has 0 atom stereocenters. The molecular weight excluding hydrogens is 457 g/mol. The summed E-state index contributed by atoms with van der Waals surface area (Å²) < 4.78 is 0. The SMILES string of the molecule is O=C([O-])[O-].[Ba+2].[Tm+3].[Zr+4]. The molecule has 0 rings (SSSR count). The van der Waals surface area contributed by atoms with Gasteiger partial charge in [0.1, 0.15) is 0 Å². The van der Waals surface area contributed by atoms with Crippen LogP contribution in [0.5, 0.6) is 0 Å². The van der Waals surface area contributed by atoms with Crippen LogP contribution in [0.3, 0.4) is 0 Å². The molecule has 3 nitrogen and oxygen atoms in total. The summed E-state index contributed by atoms with van der Waals surface area (Å²) in [5, 5.41) is 16.7. The fourth-order valence-electron chi connectivity index (χ4n) is 0. The van der Waals surface area contributed by atoms with Crippen molar-refractivity contribution < 1.29 is 78.1 Å². The van der Waals surface area contributed by atoms with Gasteiger partial charge >= 0.3 is 112 Å². The van der Waals surface area contributed by atoms with Gasteiger partial charge in [0.2, 0.25) is 0 Å². The minimum Gasteiger partial charge on any atom is -0.652 e. The van der Waals surface area contributed by atoms with E-state index in [1.165, 1.54) is 0 Å². The van der Waals surface area contributed by atoms with Crippen LogP contribution in [0.4, 0.5) is 4.79 Å². The second-order valence-electron chi connectivity index (χ2n) is 0.250. The van der Waals surface area contributed by atoms with Crippen molar-refractivity contribution in [3.05, 3.63) is 0 Å². The Hall–Kier alpha value is 2.96. The molecule has 0 saturated heterocycles. The van der Waals surface area contributed by atoms with E-state index in [1.807, 2.05) is 0 Å². The van der Waals surface area contributed by atoms with E-state index in [0.717, 1.165) is 0 Å². The van der Waals surface area contributed by atoms with Gasteiger partial charge in [-0.2, -0.15) is 0 Å². The summed E-state index contributed by atoms with van der Waals surface area (Å²) >= 11 is 0. The Morgan fingerprint density at radius 1 is 1.29 bits per heavy atom. The topological polar surface area (TPSA) is 63.2 Å². The molecule has 0 aliphatic carbocycles. The normalized spacial score (nSPS) is 3.43. The minimum atomic E-state index is -2.33. The van der Waals surface area contributed by atoms with Crippen LogP contribution >= 0.6 is 0 Å². The van der Waals surface area contributed by atoms with Crippen LogP contribution in [0.1, 0.15) is 0 Å². The molecule has 0 amide bonds. The molecule has 0 aromatic rings. The first kappa shape index (κ1) is 22.5. The van der Waals surface area contributed by atoms with E-state index in [1.54, 1.807) is 0 Å². The number of carboxylic acid groups (broad SMARTS) is 2. The van der Waals surface area contributed by atoms with E-state index in [4.69, 9.17) is 15.0 Å². The van der Waals surface area contributed by atoms with Crippen molar-refractivity contribution >= 4 is 55.0 Å². The second kappa shape index (κ2) is 16.0. The van der Waals surface area contributed by atoms with Crippen LogP contribution in [0.2, 0.25) is 0 Å². The van der Waals surface area contributed by atoms with Crippen molar-refractivity contribution in [2.24, 2.45) is 0 Å². The van der Waals surface area contributed by atoms with Gasteiger partial charge in [0, 0.05) is 0 Å². The standard InChI is InChI=1S/CH2O3.Ba.Tm.Zr/c2-1(3)4;;;/h(H2,2,3,4);;;/q;+2;+3;+4/p-2. The van der Waals surface area contributed by atoms with Gasteiger partial charge in [-0.05, 0) is 6.16 Å². The van der Waals surface area contributed by atoms with Gasteiger partial charge in [0.15, 0.2) is 0 Å². The zero-order valence-corrected chi connectivity index (χ0v) is 11.9. The van der Waals surface area contributed by atoms with E-state index >= 15 is 0 Å². The van der Waals surface area contributed by atoms with Gasteiger partial charge in [0.05, 0.1) is 0 Å². The molecule has 0 N–H and O–H groups in total. The summed E-state index contributed by atoms with van der Waals surface area (Å²) in [6.45, 7) is 0. The Morgan fingerprint density at radius 2 is 1.29 bits per heavy atom. The predicted octanol–water partition coefficient (Wildman–Crippen LogP) is -2.83. The van der Waals surface area contributed by atoms with Gasteiger partial charge in [-0.1, -0.05) is 0 Å². The Labute approximate surface area is 130 Å². The molecule has 0 unspecified atom stereocenters. The molecule has 0 saturated carbocycles. The number of hydrogen-bond acceptors (Lipinski definition) is 3. The summed E-state index contributed by atoms with van der Waals surface area (Å²) in [6, 6.07) is 0. The largest absolute Gasteiger partial charge is 4.00 e. The minimum absolute atomic E-state index is 0. The van der Waals surface area contributed by atoms with E-state index in [0.29, 0.717) is 0 Å². The molecule has 0 fully saturated rings. The molecule has 0 aliphatic heterocycles. The summed E-state index contributed by atoms with van der Waals surface area (Å²) in [5.74, 6) is 0. The van der Waals surface area contributed by atoms with Crippen LogP contribution in [-0.2, 0) is 26.2 Å². The van der Waals surface area contributed by atoms with E-state index in [9.17, 15) is 0 Å². The summed E-state index contributed by atoms with van der Waals surface area (Å²) in [4.78, 5) is 8.33. The van der Waals surface area contributed by atoms with Crippen molar-refractivity contribution in [2.45, 2.75) is 0 Å². The molecule has 0 bridgehead atoms. The van der Waals surface area contributed by atoms with Gasteiger partial charge in [0.25, 0.3) is 0 Å². The Balaban J connectivity index is -0.0000000150. The maximum absolute atomic E-state index is 8.33. The quantitative estimate of drug-likeness (QED) is 0.369. The fraction of sp³-hybridized carbons (Fsp3) is 0. The molecule has 7 heavy (non-hydrogen) atoms. The fourth-order valence-corrected chi connectivity index (χ4v) is 0.